The molecule has 1 N–H and O–H groups in total. The van der Waals surface area contributed by atoms with Gasteiger partial charge in [0.05, 0.1) is 31.3 Å². The second-order valence-corrected chi connectivity index (χ2v) is 9.65. The third-order valence-corrected chi connectivity index (χ3v) is 7.14. The molecule has 0 radical (unpaired) electrons. The fraction of sp³-hybridized carbons (Fsp3) is 0.346. The van der Waals surface area contributed by atoms with Gasteiger partial charge < -0.3 is 24.2 Å². The van der Waals surface area contributed by atoms with E-state index in [2.05, 4.69) is 10.5 Å². The van der Waals surface area contributed by atoms with Crippen molar-refractivity contribution >= 4 is 29.4 Å². The lowest BCUT2D eigenvalue weighted by atomic mass is 9.87. The van der Waals surface area contributed by atoms with E-state index < -0.39 is 5.25 Å². The van der Waals surface area contributed by atoms with E-state index in [-0.39, 0.29) is 23.6 Å². The summed E-state index contributed by atoms with van der Waals surface area (Å²) in [5.74, 6) is 2.21. The molecular weight excluding hydrogens is 466 g/mol. The molecule has 0 fully saturated rings. The Morgan fingerprint density at radius 2 is 1.89 bits per heavy atom. The molecule has 0 aliphatic carbocycles. The summed E-state index contributed by atoms with van der Waals surface area (Å²) in [5, 5.41) is 6.07. The highest BCUT2D eigenvalue weighted by Gasteiger charge is 2.33. The van der Waals surface area contributed by atoms with E-state index >= 15 is 0 Å². The van der Waals surface area contributed by atoms with Crippen LogP contribution in [0.3, 0.4) is 0 Å². The van der Waals surface area contributed by atoms with Crippen molar-refractivity contribution in [1.29, 1.82) is 0 Å². The number of anilines is 1. The predicted molar refractivity (Wildman–Crippen MR) is 135 cm³/mol. The van der Waals surface area contributed by atoms with Crippen molar-refractivity contribution in [3.63, 3.8) is 0 Å². The van der Waals surface area contributed by atoms with E-state index in [1.807, 2.05) is 47.4 Å². The summed E-state index contributed by atoms with van der Waals surface area (Å²) < 4.78 is 16.0. The van der Waals surface area contributed by atoms with E-state index in [1.54, 1.807) is 34.1 Å². The minimum atomic E-state index is -0.437. The van der Waals surface area contributed by atoms with Crippen LogP contribution in [0.15, 0.2) is 53.1 Å². The smallest absolute Gasteiger partial charge is 0.238 e. The van der Waals surface area contributed by atoms with Gasteiger partial charge in [0.2, 0.25) is 11.8 Å². The fourth-order valence-corrected chi connectivity index (χ4v) is 4.99. The Bertz CT molecular complexity index is 1200. The van der Waals surface area contributed by atoms with Crippen molar-refractivity contribution in [2.45, 2.75) is 31.6 Å². The van der Waals surface area contributed by atoms with E-state index in [1.165, 1.54) is 11.8 Å². The van der Waals surface area contributed by atoms with Crippen LogP contribution in [0.4, 0.5) is 5.82 Å². The summed E-state index contributed by atoms with van der Waals surface area (Å²) in [7, 11) is 3.23. The van der Waals surface area contributed by atoms with Gasteiger partial charge >= 0.3 is 0 Å². The van der Waals surface area contributed by atoms with Crippen molar-refractivity contribution < 1.29 is 23.6 Å². The minimum Gasteiger partial charge on any atom is -0.493 e. The molecule has 9 heteroatoms. The lowest BCUT2D eigenvalue weighted by molar-refractivity contribution is -0.130. The van der Waals surface area contributed by atoms with E-state index in [0.717, 1.165) is 16.7 Å². The molecule has 2 atom stereocenters. The third-order valence-electron chi connectivity index (χ3n) is 6.01. The molecule has 35 heavy (non-hydrogen) atoms. The molecule has 0 bridgehead atoms. The van der Waals surface area contributed by atoms with Crippen LogP contribution in [0, 0.1) is 6.92 Å². The molecule has 1 aliphatic rings. The first kappa shape index (κ1) is 24.7. The van der Waals surface area contributed by atoms with Crippen molar-refractivity contribution in [3.8, 4) is 11.5 Å². The quantitative estimate of drug-likeness (QED) is 0.500. The Morgan fingerprint density at radius 1 is 1.17 bits per heavy atom. The van der Waals surface area contributed by atoms with Crippen molar-refractivity contribution in [2.75, 3.05) is 31.8 Å². The van der Waals surface area contributed by atoms with Gasteiger partial charge in [0.1, 0.15) is 5.76 Å². The van der Waals surface area contributed by atoms with Crippen molar-refractivity contribution in [1.82, 2.24) is 10.1 Å². The topological polar surface area (TPSA) is 93.9 Å². The Morgan fingerprint density at radius 3 is 2.54 bits per heavy atom. The van der Waals surface area contributed by atoms with Gasteiger partial charge in [0.15, 0.2) is 17.3 Å². The summed E-state index contributed by atoms with van der Waals surface area (Å²) in [6.07, 6.45) is 0.705. The number of fused-ring (bicyclic) bond motifs is 1. The van der Waals surface area contributed by atoms with Gasteiger partial charge in [0.25, 0.3) is 0 Å². The summed E-state index contributed by atoms with van der Waals surface area (Å²) in [6.45, 7) is 4.10. The molecule has 1 aromatic heterocycles. The number of carbonyl (C=O) groups excluding carboxylic acids is 2. The molecule has 184 valence electrons. The zero-order valence-electron chi connectivity index (χ0n) is 20.2. The predicted octanol–water partition coefficient (Wildman–Crippen LogP) is 4.23. The monoisotopic (exact) mass is 495 g/mol. The van der Waals surface area contributed by atoms with Gasteiger partial charge in [-0.1, -0.05) is 35.5 Å². The number of hydrogen-bond acceptors (Lipinski definition) is 7. The standard InChI is InChI=1S/C26H29N3O5S/c1-16-12-23(28-34-16)27-26(31)17(2)35-15-24(30)29-11-10-19-13-21(32-3)22(33-4)14-20(19)25(29)18-8-6-5-7-9-18/h5-9,12-14,17,25H,10-11,15H2,1-4H3,(H,27,28,31). The van der Waals surface area contributed by atoms with Crippen molar-refractivity contribution in [3.05, 3.63) is 71.0 Å². The van der Waals surface area contributed by atoms with E-state index in [0.29, 0.717) is 36.0 Å². The van der Waals surface area contributed by atoms with Crippen LogP contribution in [-0.2, 0) is 16.0 Å². The maximum atomic E-state index is 13.4. The Balaban J connectivity index is 1.53. The summed E-state index contributed by atoms with van der Waals surface area (Å²) >= 11 is 1.30. The number of carbonyl (C=O) groups is 2. The van der Waals surface area contributed by atoms with Crippen LogP contribution in [0.2, 0.25) is 0 Å². The molecule has 8 nitrogen and oxygen atoms in total. The second-order valence-electron chi connectivity index (χ2n) is 8.32. The third kappa shape index (κ3) is 5.45. The minimum absolute atomic E-state index is 0.0266. The highest BCUT2D eigenvalue weighted by atomic mass is 32.2. The SMILES string of the molecule is COc1cc2c(cc1OC)C(c1ccccc1)N(C(=O)CSC(C)C(=O)Nc1cc(C)on1)CC2. The number of thioether (sulfide) groups is 1. The molecule has 2 amide bonds. The molecular formula is C26H29N3O5S. The second kappa shape index (κ2) is 10.9. The van der Waals surface area contributed by atoms with Crippen LogP contribution in [-0.4, -0.2) is 53.6 Å². The molecule has 0 saturated carbocycles. The number of rotatable bonds is 8. The lowest BCUT2D eigenvalue weighted by Gasteiger charge is -2.38. The Kier molecular flexibility index (Phi) is 7.65. The van der Waals surface area contributed by atoms with Gasteiger partial charge in [-0.05, 0) is 49.1 Å². The van der Waals surface area contributed by atoms with Crippen LogP contribution in [0.25, 0.3) is 0 Å². The van der Waals surface area contributed by atoms with Crippen molar-refractivity contribution in [2.24, 2.45) is 0 Å². The molecule has 2 aromatic carbocycles. The number of nitrogens with one attached hydrogen (secondary N) is 1. The largest absolute Gasteiger partial charge is 0.493 e. The number of ether oxygens (including phenoxy) is 2. The number of nitrogens with zero attached hydrogens (tertiary/aromatic N) is 2. The summed E-state index contributed by atoms with van der Waals surface area (Å²) in [5.41, 5.74) is 3.17. The Labute approximate surface area is 209 Å². The molecule has 2 heterocycles. The van der Waals surface area contributed by atoms with Crippen LogP contribution in [0.5, 0.6) is 11.5 Å². The highest BCUT2D eigenvalue weighted by molar-refractivity contribution is 8.01. The normalized spacial score (nSPS) is 15.8. The number of benzene rings is 2. The van der Waals surface area contributed by atoms with Crippen LogP contribution < -0.4 is 14.8 Å². The van der Waals surface area contributed by atoms with Crippen LogP contribution in [0.1, 0.15) is 35.4 Å². The summed E-state index contributed by atoms with van der Waals surface area (Å²) in [4.78, 5) is 27.9. The molecule has 0 saturated heterocycles. The first-order valence-electron chi connectivity index (χ1n) is 11.4. The molecule has 1 aliphatic heterocycles. The number of methoxy groups -OCH3 is 2. The number of aromatic nitrogens is 1. The summed E-state index contributed by atoms with van der Waals surface area (Å²) in [6, 6.07) is 15.3. The first-order valence-corrected chi connectivity index (χ1v) is 12.4. The van der Waals surface area contributed by atoms with E-state index in [9.17, 15) is 9.59 Å². The van der Waals surface area contributed by atoms with Gasteiger partial charge in [-0.2, -0.15) is 0 Å². The Hall–Kier alpha value is -3.46. The fourth-order valence-electron chi connectivity index (χ4n) is 4.22. The average Bonchev–Trinajstić information content (AvgIpc) is 3.29. The lowest BCUT2D eigenvalue weighted by Crippen LogP contribution is -2.42. The maximum Gasteiger partial charge on any atom is 0.238 e. The molecule has 4 rings (SSSR count). The van der Waals surface area contributed by atoms with Gasteiger partial charge in [-0.15, -0.1) is 11.8 Å². The molecule has 3 aromatic rings. The number of amides is 2. The van der Waals surface area contributed by atoms with Gasteiger partial charge in [0, 0.05) is 12.6 Å². The average molecular weight is 496 g/mol. The van der Waals surface area contributed by atoms with Crippen LogP contribution >= 0.6 is 11.8 Å². The van der Waals surface area contributed by atoms with Gasteiger partial charge in [-0.25, -0.2) is 0 Å². The molecule has 0 spiro atoms. The zero-order valence-corrected chi connectivity index (χ0v) is 21.1. The van der Waals surface area contributed by atoms with Gasteiger partial charge in [-0.3, -0.25) is 9.59 Å². The first-order chi connectivity index (χ1) is 16.9. The molecule has 2 unspecified atom stereocenters. The number of hydrogen-bond donors (Lipinski definition) is 1. The zero-order chi connectivity index (χ0) is 24.9. The maximum absolute atomic E-state index is 13.4. The van der Waals surface area contributed by atoms with E-state index in [4.69, 9.17) is 14.0 Å². The number of aryl methyl sites for hydroxylation is 1. The highest BCUT2D eigenvalue weighted by Crippen LogP contribution is 2.41.